The van der Waals surface area contributed by atoms with Gasteiger partial charge in [-0.2, -0.15) is 0 Å². The molecule has 0 amide bonds. The number of alkyl halides is 1. The van der Waals surface area contributed by atoms with Crippen LogP contribution in [-0.2, 0) is 11.2 Å². The van der Waals surface area contributed by atoms with Crippen LogP contribution in [-0.4, -0.2) is 45.5 Å². The summed E-state index contributed by atoms with van der Waals surface area (Å²) in [4.78, 5) is 4.90. The number of hydrogen-bond donors (Lipinski definition) is 0. The molecule has 3 heterocycles. The Morgan fingerprint density at radius 3 is 2.69 bits per heavy atom. The molecule has 138 valence electrons. The van der Waals surface area contributed by atoms with Crippen LogP contribution >= 0.6 is 27.5 Å². The number of nitrogens with zero attached hydrogens (tertiary/aromatic N) is 2. The van der Waals surface area contributed by atoms with Crippen molar-refractivity contribution in [2.75, 3.05) is 37.8 Å². The average molecular weight is 547 g/mol. The van der Waals surface area contributed by atoms with Crippen LogP contribution in [0.2, 0.25) is 5.02 Å². The van der Waals surface area contributed by atoms with E-state index in [1.54, 1.807) is 0 Å². The predicted molar refractivity (Wildman–Crippen MR) is 107 cm³/mol. The van der Waals surface area contributed by atoms with E-state index in [0.29, 0.717) is 5.41 Å². The van der Waals surface area contributed by atoms with Crippen molar-refractivity contribution in [1.29, 1.82) is 0 Å². The SMILES string of the molecule is C[I-]n1c2ccc(Cl)cc2c2cc(Br)cc(CCN3CC4(COC4)C3)c21. The van der Waals surface area contributed by atoms with Gasteiger partial charge in [0.05, 0.1) is 0 Å². The first-order valence-corrected chi connectivity index (χ1v) is 13.1. The molecule has 0 atom stereocenters. The van der Waals surface area contributed by atoms with Crippen LogP contribution in [0.25, 0.3) is 21.8 Å². The van der Waals surface area contributed by atoms with Crippen molar-refractivity contribution >= 4 is 49.3 Å². The zero-order valence-electron chi connectivity index (χ0n) is 14.6. The molecule has 2 aromatic carbocycles. The van der Waals surface area contributed by atoms with Crippen molar-refractivity contribution in [2.45, 2.75) is 6.42 Å². The Morgan fingerprint density at radius 2 is 2.00 bits per heavy atom. The van der Waals surface area contributed by atoms with Gasteiger partial charge in [-0.05, 0) is 0 Å². The minimum absolute atomic E-state index is 0.0922. The first-order chi connectivity index (χ1) is 12.6. The van der Waals surface area contributed by atoms with Gasteiger partial charge in [-0.3, -0.25) is 0 Å². The molecular weight excluding hydrogens is 526 g/mol. The molecule has 5 rings (SSSR count). The first kappa shape index (κ1) is 17.7. The molecule has 2 saturated heterocycles. The van der Waals surface area contributed by atoms with E-state index < -0.39 is 0 Å². The van der Waals surface area contributed by atoms with E-state index in [-0.39, 0.29) is 21.5 Å². The van der Waals surface area contributed by atoms with E-state index in [1.165, 1.54) is 40.5 Å². The van der Waals surface area contributed by atoms with Crippen LogP contribution in [0.4, 0.5) is 0 Å². The number of fused-ring (bicyclic) bond motifs is 3. The number of halogens is 3. The van der Waals surface area contributed by atoms with Crippen LogP contribution in [0.15, 0.2) is 34.8 Å². The summed E-state index contributed by atoms with van der Waals surface area (Å²) in [5, 5.41) is 3.40. The van der Waals surface area contributed by atoms with Crippen LogP contribution in [0, 0.1) is 5.41 Å². The van der Waals surface area contributed by atoms with E-state index >= 15 is 0 Å². The zero-order valence-corrected chi connectivity index (χ0v) is 19.1. The van der Waals surface area contributed by atoms with Crippen LogP contribution in [0.1, 0.15) is 5.56 Å². The van der Waals surface area contributed by atoms with Gasteiger partial charge in [0, 0.05) is 0 Å². The molecule has 0 aliphatic carbocycles. The summed E-state index contributed by atoms with van der Waals surface area (Å²) in [6, 6.07) is 10.8. The zero-order chi connectivity index (χ0) is 17.9. The standard InChI is InChI=1S/C20H20BrClIN2O/c1-23-25-18-3-2-15(22)8-16(18)17-7-14(21)6-13(19(17)25)4-5-24-9-20(10-24)11-26-12-20/h2-3,6-8H,4-5,9-12H2,1H3/q-1. The van der Waals surface area contributed by atoms with Gasteiger partial charge in [0.1, 0.15) is 0 Å². The molecule has 0 bridgehead atoms. The minimum atomic E-state index is -0.0922. The number of ether oxygens (including phenoxy) is 1. The third kappa shape index (κ3) is 2.82. The number of hydrogen-bond acceptors (Lipinski definition) is 2. The molecule has 0 saturated carbocycles. The maximum atomic E-state index is 6.30. The molecule has 3 aromatic rings. The summed E-state index contributed by atoms with van der Waals surface area (Å²) in [5.41, 5.74) is 4.65. The second-order valence-electron chi connectivity index (χ2n) is 7.53. The summed E-state index contributed by atoms with van der Waals surface area (Å²) >= 11 is 9.94. The molecule has 6 heteroatoms. The van der Waals surface area contributed by atoms with Crippen molar-refractivity contribution in [2.24, 2.45) is 5.41 Å². The average Bonchev–Trinajstić information content (AvgIpc) is 2.85. The molecule has 1 spiro atoms. The van der Waals surface area contributed by atoms with Gasteiger partial charge in [-0.25, -0.2) is 0 Å². The molecule has 2 aliphatic rings. The van der Waals surface area contributed by atoms with Gasteiger partial charge in [0.25, 0.3) is 0 Å². The number of aromatic nitrogens is 1. The van der Waals surface area contributed by atoms with Crippen molar-refractivity contribution in [3.8, 4) is 0 Å². The first-order valence-electron chi connectivity index (χ1n) is 8.81. The summed E-state index contributed by atoms with van der Waals surface area (Å²) in [6.45, 7) is 5.43. The van der Waals surface area contributed by atoms with Gasteiger partial charge in [-0.15, -0.1) is 0 Å². The molecule has 26 heavy (non-hydrogen) atoms. The van der Waals surface area contributed by atoms with Gasteiger partial charge in [0.2, 0.25) is 0 Å². The van der Waals surface area contributed by atoms with Crippen molar-refractivity contribution in [3.05, 3.63) is 45.4 Å². The van der Waals surface area contributed by atoms with Gasteiger partial charge >= 0.3 is 178 Å². The quantitative estimate of drug-likeness (QED) is 0.365. The van der Waals surface area contributed by atoms with Gasteiger partial charge in [0.15, 0.2) is 0 Å². The molecule has 0 unspecified atom stereocenters. The summed E-state index contributed by atoms with van der Waals surface area (Å²) in [7, 11) is 0. The van der Waals surface area contributed by atoms with E-state index in [2.05, 4.69) is 52.8 Å². The molecule has 0 radical (unpaired) electrons. The monoisotopic (exact) mass is 545 g/mol. The van der Waals surface area contributed by atoms with Gasteiger partial charge in [-0.1, -0.05) is 0 Å². The van der Waals surface area contributed by atoms with Crippen molar-refractivity contribution in [1.82, 2.24) is 7.68 Å². The second kappa shape index (κ2) is 6.62. The van der Waals surface area contributed by atoms with Crippen molar-refractivity contribution in [3.63, 3.8) is 0 Å². The van der Waals surface area contributed by atoms with E-state index in [9.17, 15) is 0 Å². The fraction of sp³-hybridized carbons (Fsp3) is 0.400. The Balaban J connectivity index is 1.53. The van der Waals surface area contributed by atoms with E-state index in [1.807, 2.05) is 6.07 Å². The number of rotatable bonds is 4. The predicted octanol–water partition coefficient (Wildman–Crippen LogP) is 1.57. The summed E-state index contributed by atoms with van der Waals surface area (Å²) < 4.78 is 9.09. The Bertz CT molecular complexity index is 1010. The molecule has 1 aromatic heterocycles. The fourth-order valence-corrected chi connectivity index (χ4v) is 7.06. The second-order valence-corrected chi connectivity index (χ2v) is 10.8. The fourth-order valence-electron chi connectivity index (χ4n) is 4.39. The number of likely N-dealkylation sites (tertiary alicyclic amines) is 1. The van der Waals surface area contributed by atoms with Crippen molar-refractivity contribution < 1.29 is 26.2 Å². The molecule has 3 nitrogen and oxygen atoms in total. The molecule has 2 fully saturated rings. The molecular formula is C20H20BrClIN2O-. The molecule has 2 aliphatic heterocycles. The van der Waals surface area contributed by atoms with Crippen LogP contribution in [0.3, 0.4) is 0 Å². The Labute approximate surface area is 177 Å². The Morgan fingerprint density at radius 1 is 1.19 bits per heavy atom. The van der Waals surface area contributed by atoms with E-state index in [0.717, 1.165) is 35.7 Å². The normalized spacial score (nSPS) is 19.3. The Hall–Kier alpha value is -0.340. The summed E-state index contributed by atoms with van der Waals surface area (Å²) in [6.07, 6.45) is 1.08. The van der Waals surface area contributed by atoms with E-state index in [4.69, 9.17) is 16.3 Å². The van der Waals surface area contributed by atoms with Gasteiger partial charge < -0.3 is 0 Å². The number of benzene rings is 2. The van der Waals surface area contributed by atoms with Crippen LogP contribution in [0.5, 0.6) is 0 Å². The Kier molecular flexibility index (Phi) is 4.52. The summed E-state index contributed by atoms with van der Waals surface area (Å²) in [5.74, 6) is 0. The topological polar surface area (TPSA) is 17.4 Å². The third-order valence-corrected chi connectivity index (χ3v) is 8.27. The third-order valence-electron chi connectivity index (χ3n) is 5.61. The van der Waals surface area contributed by atoms with Crippen LogP contribution < -0.4 is 21.5 Å². The molecule has 0 N–H and O–H groups in total. The maximum absolute atomic E-state index is 6.30.